The van der Waals surface area contributed by atoms with Crippen molar-refractivity contribution in [3.05, 3.63) is 28.8 Å². The Balaban J connectivity index is 2.15. The predicted molar refractivity (Wildman–Crippen MR) is 69.0 cm³/mol. The summed E-state index contributed by atoms with van der Waals surface area (Å²) in [5.41, 5.74) is 10.6. The van der Waals surface area contributed by atoms with Gasteiger partial charge in [0.1, 0.15) is 0 Å². The van der Waals surface area contributed by atoms with Crippen LogP contribution in [0.15, 0.2) is 17.0 Å². The molecule has 2 N–H and O–H groups in total. The highest BCUT2D eigenvalue weighted by molar-refractivity contribution is 7.99. The first-order chi connectivity index (χ1) is 7.81. The molecule has 1 unspecified atom stereocenters. The van der Waals surface area contributed by atoms with Gasteiger partial charge in [0.25, 0.3) is 0 Å². The SMILES string of the molecule is CN1CCc2ccc3c(c2C1CN)CCS3. The maximum atomic E-state index is 5.95. The first-order valence-corrected chi connectivity index (χ1v) is 6.97. The van der Waals surface area contributed by atoms with Crippen molar-refractivity contribution in [2.45, 2.75) is 23.8 Å². The second-order valence-electron chi connectivity index (χ2n) is 4.70. The molecule has 0 bridgehead atoms. The van der Waals surface area contributed by atoms with E-state index in [2.05, 4.69) is 24.1 Å². The number of nitrogens with two attached hydrogens (primary N) is 1. The topological polar surface area (TPSA) is 29.3 Å². The second-order valence-corrected chi connectivity index (χ2v) is 5.83. The molecule has 0 fully saturated rings. The van der Waals surface area contributed by atoms with Crippen LogP contribution < -0.4 is 5.73 Å². The van der Waals surface area contributed by atoms with Gasteiger partial charge in [-0.2, -0.15) is 0 Å². The summed E-state index contributed by atoms with van der Waals surface area (Å²) in [7, 11) is 2.20. The van der Waals surface area contributed by atoms with Gasteiger partial charge >= 0.3 is 0 Å². The highest BCUT2D eigenvalue weighted by Gasteiger charge is 2.28. The lowest BCUT2D eigenvalue weighted by atomic mass is 9.88. The first-order valence-electron chi connectivity index (χ1n) is 5.99. The van der Waals surface area contributed by atoms with Crippen LogP contribution in [-0.4, -0.2) is 30.8 Å². The number of likely N-dealkylation sites (N-methyl/N-ethyl adjacent to an activating group) is 1. The van der Waals surface area contributed by atoms with Crippen LogP contribution in [0.4, 0.5) is 0 Å². The second kappa shape index (κ2) is 4.06. The van der Waals surface area contributed by atoms with Crippen molar-refractivity contribution in [2.75, 3.05) is 25.9 Å². The van der Waals surface area contributed by atoms with Crippen molar-refractivity contribution < 1.29 is 0 Å². The van der Waals surface area contributed by atoms with Gasteiger partial charge in [0, 0.05) is 29.8 Å². The molecule has 2 nitrogen and oxygen atoms in total. The largest absolute Gasteiger partial charge is 0.329 e. The number of rotatable bonds is 1. The lowest BCUT2D eigenvalue weighted by molar-refractivity contribution is 0.235. The number of thioether (sulfide) groups is 1. The highest BCUT2D eigenvalue weighted by Crippen LogP contribution is 2.40. The van der Waals surface area contributed by atoms with Crippen LogP contribution >= 0.6 is 11.8 Å². The van der Waals surface area contributed by atoms with Gasteiger partial charge in [-0.1, -0.05) is 6.07 Å². The van der Waals surface area contributed by atoms with Crippen LogP contribution in [-0.2, 0) is 12.8 Å². The fraction of sp³-hybridized carbons (Fsp3) is 0.538. The lowest BCUT2D eigenvalue weighted by Gasteiger charge is -2.35. The molecule has 2 aliphatic rings. The van der Waals surface area contributed by atoms with E-state index in [9.17, 15) is 0 Å². The van der Waals surface area contributed by atoms with Crippen molar-refractivity contribution in [2.24, 2.45) is 5.73 Å². The molecule has 86 valence electrons. The van der Waals surface area contributed by atoms with Gasteiger partial charge in [0.15, 0.2) is 0 Å². The molecule has 0 radical (unpaired) electrons. The lowest BCUT2D eigenvalue weighted by Crippen LogP contribution is -2.37. The number of benzene rings is 1. The van der Waals surface area contributed by atoms with E-state index in [0.29, 0.717) is 6.04 Å². The van der Waals surface area contributed by atoms with E-state index >= 15 is 0 Å². The Bertz CT molecular complexity index is 417. The summed E-state index contributed by atoms with van der Waals surface area (Å²) in [4.78, 5) is 3.90. The Hall–Kier alpha value is -0.510. The molecular weight excluding hydrogens is 216 g/mol. The molecule has 1 atom stereocenters. The summed E-state index contributed by atoms with van der Waals surface area (Å²) in [5, 5.41) is 0. The number of nitrogens with zero attached hydrogens (tertiary/aromatic N) is 1. The Morgan fingerprint density at radius 3 is 3.12 bits per heavy atom. The van der Waals surface area contributed by atoms with Gasteiger partial charge < -0.3 is 5.73 Å². The Labute approximate surface area is 101 Å². The van der Waals surface area contributed by atoms with E-state index in [1.165, 1.54) is 29.1 Å². The number of hydrogen-bond acceptors (Lipinski definition) is 3. The van der Waals surface area contributed by atoms with Crippen LogP contribution in [0.25, 0.3) is 0 Å². The van der Waals surface area contributed by atoms with Crippen molar-refractivity contribution in [3.8, 4) is 0 Å². The van der Waals surface area contributed by atoms with E-state index in [1.54, 1.807) is 11.1 Å². The average molecular weight is 234 g/mol. The summed E-state index contributed by atoms with van der Waals surface area (Å²) >= 11 is 2.00. The third-order valence-electron chi connectivity index (χ3n) is 3.84. The van der Waals surface area contributed by atoms with Gasteiger partial charge in [-0.25, -0.2) is 0 Å². The van der Waals surface area contributed by atoms with Crippen LogP contribution in [0.3, 0.4) is 0 Å². The molecule has 1 aromatic carbocycles. The summed E-state index contributed by atoms with van der Waals surface area (Å²) in [6, 6.07) is 5.07. The normalized spacial score (nSPS) is 24.2. The molecule has 3 rings (SSSR count). The third kappa shape index (κ3) is 1.50. The standard InChI is InChI=1S/C13H18N2S/c1-15-6-4-9-2-3-12-10(5-7-16-12)13(9)11(15)8-14/h2-3,11H,4-8,14H2,1H3. The van der Waals surface area contributed by atoms with Crippen LogP contribution in [0.2, 0.25) is 0 Å². The fourth-order valence-electron chi connectivity index (χ4n) is 2.95. The monoisotopic (exact) mass is 234 g/mol. The molecule has 0 saturated carbocycles. The van der Waals surface area contributed by atoms with Crippen molar-refractivity contribution in [1.29, 1.82) is 0 Å². The molecule has 2 aliphatic heterocycles. The van der Waals surface area contributed by atoms with Gasteiger partial charge in [0.2, 0.25) is 0 Å². The van der Waals surface area contributed by atoms with Gasteiger partial charge in [-0.05, 0) is 42.6 Å². The molecule has 0 aromatic heterocycles. The summed E-state index contributed by atoms with van der Waals surface area (Å²) in [6.45, 7) is 1.88. The van der Waals surface area contributed by atoms with Crippen LogP contribution in [0.1, 0.15) is 22.7 Å². The summed E-state index contributed by atoms with van der Waals surface area (Å²) < 4.78 is 0. The minimum atomic E-state index is 0.442. The fourth-order valence-corrected chi connectivity index (χ4v) is 4.03. The van der Waals surface area contributed by atoms with E-state index in [-0.39, 0.29) is 0 Å². The minimum Gasteiger partial charge on any atom is -0.329 e. The summed E-state index contributed by atoms with van der Waals surface area (Å²) in [5.74, 6) is 1.24. The molecule has 1 aromatic rings. The third-order valence-corrected chi connectivity index (χ3v) is 4.94. The van der Waals surface area contributed by atoms with E-state index in [4.69, 9.17) is 5.73 Å². The first kappa shape index (κ1) is 10.6. The Morgan fingerprint density at radius 1 is 1.44 bits per heavy atom. The quantitative estimate of drug-likeness (QED) is 0.804. The molecule has 0 aliphatic carbocycles. The number of fused-ring (bicyclic) bond motifs is 3. The molecule has 0 saturated heterocycles. The average Bonchev–Trinajstić information content (AvgIpc) is 2.77. The zero-order valence-corrected chi connectivity index (χ0v) is 10.5. The zero-order chi connectivity index (χ0) is 11.1. The number of hydrogen-bond donors (Lipinski definition) is 1. The van der Waals surface area contributed by atoms with E-state index in [0.717, 1.165) is 13.1 Å². The predicted octanol–water partition coefficient (Wildman–Crippen LogP) is 1.82. The molecular formula is C13H18N2S. The van der Waals surface area contributed by atoms with Gasteiger partial charge in [-0.15, -0.1) is 11.8 Å². The van der Waals surface area contributed by atoms with Crippen molar-refractivity contribution in [1.82, 2.24) is 4.90 Å². The molecule has 0 spiro atoms. The summed E-state index contributed by atoms with van der Waals surface area (Å²) in [6.07, 6.45) is 2.41. The molecule has 16 heavy (non-hydrogen) atoms. The maximum Gasteiger partial charge on any atom is 0.0473 e. The minimum absolute atomic E-state index is 0.442. The van der Waals surface area contributed by atoms with E-state index < -0.39 is 0 Å². The van der Waals surface area contributed by atoms with Gasteiger partial charge in [-0.3, -0.25) is 4.90 Å². The zero-order valence-electron chi connectivity index (χ0n) is 9.70. The smallest absolute Gasteiger partial charge is 0.0473 e. The van der Waals surface area contributed by atoms with E-state index in [1.807, 2.05) is 11.8 Å². The Kier molecular flexibility index (Phi) is 2.70. The van der Waals surface area contributed by atoms with Gasteiger partial charge in [0.05, 0.1) is 0 Å². The molecule has 0 amide bonds. The molecule has 2 heterocycles. The van der Waals surface area contributed by atoms with Crippen molar-refractivity contribution in [3.63, 3.8) is 0 Å². The van der Waals surface area contributed by atoms with Crippen LogP contribution in [0.5, 0.6) is 0 Å². The highest BCUT2D eigenvalue weighted by atomic mass is 32.2. The van der Waals surface area contributed by atoms with Crippen molar-refractivity contribution >= 4 is 11.8 Å². The maximum absolute atomic E-state index is 5.95. The Morgan fingerprint density at radius 2 is 2.31 bits per heavy atom. The molecule has 3 heteroatoms. The van der Waals surface area contributed by atoms with Crippen LogP contribution in [0, 0.1) is 0 Å².